The van der Waals surface area contributed by atoms with E-state index in [2.05, 4.69) is 9.97 Å². The molecule has 134 valence electrons. The zero-order valence-electron chi connectivity index (χ0n) is 13.0. The van der Waals surface area contributed by atoms with E-state index in [1.165, 1.54) is 19.2 Å². The first-order chi connectivity index (χ1) is 11.5. The number of carbonyl (C=O) groups excluding carboxylic acids is 1. The van der Waals surface area contributed by atoms with Crippen molar-refractivity contribution >= 4 is 15.9 Å². The van der Waals surface area contributed by atoms with Crippen molar-refractivity contribution in [1.82, 2.24) is 14.7 Å². The average molecular weight is 375 g/mol. The van der Waals surface area contributed by atoms with Gasteiger partial charge < -0.3 is 4.74 Å². The molecule has 0 unspecified atom stereocenters. The summed E-state index contributed by atoms with van der Waals surface area (Å²) in [5, 5.41) is -0.729. The molecule has 0 fully saturated rings. The number of amides is 1. The van der Waals surface area contributed by atoms with Gasteiger partial charge in [0.05, 0.1) is 12.7 Å². The molecule has 1 amide bonds. The summed E-state index contributed by atoms with van der Waals surface area (Å²) in [7, 11) is -3.21. The molecule has 2 rings (SSSR count). The van der Waals surface area contributed by atoms with Crippen LogP contribution in [-0.2, 0) is 16.2 Å². The Morgan fingerprint density at radius 2 is 1.88 bits per heavy atom. The predicted molar refractivity (Wildman–Crippen MR) is 79.4 cm³/mol. The number of methoxy groups -OCH3 is 1. The quantitative estimate of drug-likeness (QED) is 0.877. The molecule has 25 heavy (non-hydrogen) atoms. The first-order valence-electron chi connectivity index (χ1n) is 6.66. The van der Waals surface area contributed by atoms with Crippen molar-refractivity contribution < 1.29 is 31.1 Å². The summed E-state index contributed by atoms with van der Waals surface area (Å²) in [6, 6.07) is 4.00. The van der Waals surface area contributed by atoms with Crippen molar-refractivity contribution in [2.75, 3.05) is 7.11 Å². The summed E-state index contributed by atoms with van der Waals surface area (Å²) in [6.45, 7) is 1.65. The third kappa shape index (κ3) is 4.24. The number of halogens is 3. The fourth-order valence-electron chi connectivity index (χ4n) is 1.80. The van der Waals surface area contributed by atoms with Gasteiger partial charge in [0.25, 0.3) is 15.9 Å². The lowest BCUT2D eigenvalue weighted by Crippen LogP contribution is -2.31. The van der Waals surface area contributed by atoms with E-state index >= 15 is 0 Å². The molecule has 0 saturated carbocycles. The van der Waals surface area contributed by atoms with Crippen molar-refractivity contribution in [3.63, 3.8) is 0 Å². The lowest BCUT2D eigenvalue weighted by Gasteiger charge is -2.10. The van der Waals surface area contributed by atoms with Gasteiger partial charge in [-0.1, -0.05) is 0 Å². The maximum absolute atomic E-state index is 12.5. The molecular weight excluding hydrogens is 363 g/mol. The Kier molecular flexibility index (Phi) is 4.97. The Morgan fingerprint density at radius 1 is 1.20 bits per heavy atom. The summed E-state index contributed by atoms with van der Waals surface area (Å²) < 4.78 is 68.3. The van der Waals surface area contributed by atoms with Gasteiger partial charge in [-0.2, -0.15) is 21.6 Å². The van der Waals surface area contributed by atoms with Crippen molar-refractivity contribution in [3.05, 3.63) is 47.3 Å². The zero-order chi connectivity index (χ0) is 18.8. The van der Waals surface area contributed by atoms with E-state index in [1.807, 2.05) is 0 Å². The Bertz CT molecular complexity index is 897. The van der Waals surface area contributed by atoms with E-state index < -0.39 is 32.7 Å². The Balaban J connectivity index is 2.28. The van der Waals surface area contributed by atoms with Crippen LogP contribution in [0.5, 0.6) is 5.88 Å². The number of pyridine rings is 2. The van der Waals surface area contributed by atoms with Crippen molar-refractivity contribution in [2.45, 2.75) is 18.1 Å². The summed E-state index contributed by atoms with van der Waals surface area (Å²) in [6.07, 6.45) is -4.29. The molecule has 0 aromatic carbocycles. The lowest BCUT2D eigenvalue weighted by atomic mass is 10.2. The number of sulfonamides is 1. The van der Waals surface area contributed by atoms with Gasteiger partial charge >= 0.3 is 6.18 Å². The second-order valence-corrected chi connectivity index (χ2v) is 6.46. The molecule has 0 atom stereocenters. The second kappa shape index (κ2) is 6.67. The molecule has 2 aromatic heterocycles. The van der Waals surface area contributed by atoms with E-state index in [1.54, 1.807) is 11.6 Å². The van der Waals surface area contributed by atoms with Gasteiger partial charge in [0.1, 0.15) is 5.56 Å². The normalized spacial score (nSPS) is 11.9. The van der Waals surface area contributed by atoms with Crippen LogP contribution in [-0.4, -0.2) is 31.4 Å². The van der Waals surface area contributed by atoms with E-state index in [4.69, 9.17) is 4.74 Å². The number of ether oxygens (including phenoxy) is 1. The highest BCUT2D eigenvalue weighted by Gasteiger charge is 2.31. The van der Waals surface area contributed by atoms with Gasteiger partial charge in [0, 0.05) is 11.9 Å². The lowest BCUT2D eigenvalue weighted by molar-refractivity contribution is -0.137. The maximum atomic E-state index is 12.5. The number of carbonyl (C=O) groups is 1. The molecule has 0 radical (unpaired) electrons. The van der Waals surface area contributed by atoms with E-state index in [0.717, 1.165) is 0 Å². The molecule has 1 N–H and O–H groups in total. The van der Waals surface area contributed by atoms with Gasteiger partial charge in [-0.05, 0) is 31.2 Å². The number of aryl methyl sites for hydroxylation is 1. The second-order valence-electron chi connectivity index (χ2n) is 4.83. The molecule has 0 aliphatic carbocycles. The van der Waals surface area contributed by atoms with Crippen LogP contribution in [0.15, 0.2) is 35.5 Å². The minimum Gasteiger partial charge on any atom is -0.480 e. The van der Waals surface area contributed by atoms with Crippen molar-refractivity contribution in [1.29, 1.82) is 0 Å². The van der Waals surface area contributed by atoms with Crippen LogP contribution in [0.3, 0.4) is 0 Å². The smallest absolute Gasteiger partial charge is 0.417 e. The van der Waals surface area contributed by atoms with Crippen LogP contribution in [0.25, 0.3) is 0 Å². The Hall–Kier alpha value is -2.69. The monoisotopic (exact) mass is 375 g/mol. The fraction of sp³-hybridized carbons (Fsp3) is 0.214. The summed E-state index contributed by atoms with van der Waals surface area (Å²) >= 11 is 0. The van der Waals surface area contributed by atoms with Gasteiger partial charge in [-0.15, -0.1) is 0 Å². The minimum absolute atomic E-state index is 0.0897. The fourth-order valence-corrected chi connectivity index (χ4v) is 2.69. The number of nitrogens with zero attached hydrogens (tertiary/aromatic N) is 2. The summed E-state index contributed by atoms with van der Waals surface area (Å²) in [5.74, 6) is -1.14. The molecular formula is C14H12F3N3O4S. The molecule has 0 aliphatic rings. The molecule has 0 saturated heterocycles. The topological polar surface area (TPSA) is 98.2 Å². The first kappa shape index (κ1) is 18.6. The van der Waals surface area contributed by atoms with Gasteiger partial charge in [0.2, 0.25) is 5.88 Å². The molecule has 0 aliphatic heterocycles. The number of rotatable bonds is 4. The molecule has 0 spiro atoms. The van der Waals surface area contributed by atoms with Crippen LogP contribution in [0.1, 0.15) is 21.6 Å². The number of nitrogens with one attached hydrogen (secondary N) is 1. The molecule has 0 bridgehead atoms. The molecule has 2 heterocycles. The Morgan fingerprint density at radius 3 is 2.40 bits per heavy atom. The van der Waals surface area contributed by atoms with E-state index in [9.17, 15) is 26.4 Å². The summed E-state index contributed by atoms with van der Waals surface area (Å²) in [4.78, 5) is 19.3. The third-order valence-corrected chi connectivity index (χ3v) is 4.25. The van der Waals surface area contributed by atoms with E-state index in [0.29, 0.717) is 24.0 Å². The SMILES string of the molecule is COc1nc(C)ccc1C(=O)NS(=O)(=O)c1ccc(C(F)(F)F)cn1. The predicted octanol–water partition coefficient (Wildman–Crippen LogP) is 1.93. The molecule has 11 heteroatoms. The van der Waals surface area contributed by atoms with Crippen LogP contribution < -0.4 is 9.46 Å². The average Bonchev–Trinajstić information content (AvgIpc) is 2.53. The van der Waals surface area contributed by atoms with Crippen LogP contribution in [0.4, 0.5) is 13.2 Å². The van der Waals surface area contributed by atoms with E-state index in [-0.39, 0.29) is 11.4 Å². The standard InChI is InChI=1S/C14H12F3N3O4S/c1-8-3-5-10(13(19-8)24-2)12(21)20-25(22,23)11-6-4-9(7-18-11)14(15,16)17/h3-7H,1-2H3,(H,20,21). The van der Waals surface area contributed by atoms with Gasteiger partial charge in [-0.25, -0.2) is 14.7 Å². The number of hydrogen-bond donors (Lipinski definition) is 1. The summed E-state index contributed by atoms with van der Waals surface area (Å²) in [5.41, 5.74) is -0.716. The van der Waals surface area contributed by atoms with Gasteiger partial charge in [-0.3, -0.25) is 4.79 Å². The van der Waals surface area contributed by atoms with Crippen molar-refractivity contribution in [2.24, 2.45) is 0 Å². The van der Waals surface area contributed by atoms with Crippen LogP contribution >= 0.6 is 0 Å². The number of aromatic nitrogens is 2. The van der Waals surface area contributed by atoms with Crippen molar-refractivity contribution in [3.8, 4) is 5.88 Å². The molecule has 2 aromatic rings. The maximum Gasteiger partial charge on any atom is 0.417 e. The zero-order valence-corrected chi connectivity index (χ0v) is 13.8. The molecule has 7 nitrogen and oxygen atoms in total. The highest BCUT2D eigenvalue weighted by atomic mass is 32.2. The first-order valence-corrected chi connectivity index (χ1v) is 8.15. The van der Waals surface area contributed by atoms with Gasteiger partial charge in [0.15, 0.2) is 5.03 Å². The van der Waals surface area contributed by atoms with Crippen LogP contribution in [0.2, 0.25) is 0 Å². The highest BCUT2D eigenvalue weighted by Crippen LogP contribution is 2.28. The number of alkyl halides is 3. The van der Waals surface area contributed by atoms with Crippen LogP contribution in [0, 0.1) is 6.92 Å². The largest absolute Gasteiger partial charge is 0.480 e. The minimum atomic E-state index is -4.65. The highest BCUT2D eigenvalue weighted by molar-refractivity contribution is 7.90. The Labute approximate surface area is 140 Å². The number of hydrogen-bond acceptors (Lipinski definition) is 6. The third-order valence-electron chi connectivity index (χ3n) is 3.00.